The summed E-state index contributed by atoms with van der Waals surface area (Å²) in [6, 6.07) is 8.48. The van der Waals surface area contributed by atoms with E-state index in [4.69, 9.17) is 4.74 Å². The van der Waals surface area contributed by atoms with Gasteiger partial charge in [0.15, 0.2) is 0 Å². The van der Waals surface area contributed by atoms with Gasteiger partial charge in [-0.05, 0) is 31.0 Å². The zero-order valence-corrected chi connectivity index (χ0v) is 15.5. The zero-order valence-electron chi connectivity index (χ0n) is 15.5. The van der Waals surface area contributed by atoms with Gasteiger partial charge in [-0.25, -0.2) is 4.98 Å². The standard InChI is InChI=1S/C20H29N3O2/c1-4-17-14-22(9-10-23(17)11-12-25-3)13-16-6-8-19(24)20-18(16)7-5-15(2)21-20/h5-8,17,24H,4,9-14H2,1-3H3/t17-/m0/s1. The van der Waals surface area contributed by atoms with E-state index in [1.165, 1.54) is 5.56 Å². The number of aryl methyl sites for hydroxylation is 1. The topological polar surface area (TPSA) is 48.8 Å². The fourth-order valence-corrected chi connectivity index (χ4v) is 3.73. The van der Waals surface area contributed by atoms with Crippen LogP contribution in [0, 0.1) is 6.92 Å². The molecule has 136 valence electrons. The third-order valence-electron chi connectivity index (χ3n) is 5.20. The van der Waals surface area contributed by atoms with Gasteiger partial charge in [0, 0.05) is 57.0 Å². The predicted molar refractivity (Wildman–Crippen MR) is 101 cm³/mol. The van der Waals surface area contributed by atoms with Gasteiger partial charge in [0.2, 0.25) is 0 Å². The minimum absolute atomic E-state index is 0.262. The highest BCUT2D eigenvalue weighted by Gasteiger charge is 2.25. The number of hydrogen-bond donors (Lipinski definition) is 1. The van der Waals surface area contributed by atoms with Gasteiger partial charge in [0.1, 0.15) is 11.3 Å². The van der Waals surface area contributed by atoms with E-state index in [-0.39, 0.29) is 5.75 Å². The Labute approximate surface area is 150 Å². The molecule has 5 nitrogen and oxygen atoms in total. The van der Waals surface area contributed by atoms with Gasteiger partial charge in [-0.1, -0.05) is 19.1 Å². The van der Waals surface area contributed by atoms with Crippen molar-refractivity contribution in [2.45, 2.75) is 32.9 Å². The molecule has 1 atom stereocenters. The van der Waals surface area contributed by atoms with Gasteiger partial charge >= 0.3 is 0 Å². The second-order valence-corrected chi connectivity index (χ2v) is 6.92. The number of phenolic OH excluding ortho intramolecular Hbond substituents is 1. The van der Waals surface area contributed by atoms with Crippen LogP contribution in [-0.4, -0.2) is 65.8 Å². The highest BCUT2D eigenvalue weighted by Crippen LogP contribution is 2.27. The summed E-state index contributed by atoms with van der Waals surface area (Å²) in [6.45, 7) is 10.1. The third kappa shape index (κ3) is 4.11. The van der Waals surface area contributed by atoms with E-state index >= 15 is 0 Å². The first kappa shape index (κ1) is 18.1. The van der Waals surface area contributed by atoms with Gasteiger partial charge in [0.05, 0.1) is 6.61 Å². The number of pyridine rings is 1. The van der Waals surface area contributed by atoms with Crippen molar-refractivity contribution < 1.29 is 9.84 Å². The number of rotatable bonds is 6. The molecule has 0 spiro atoms. The van der Waals surface area contributed by atoms with E-state index in [2.05, 4.69) is 27.8 Å². The Morgan fingerprint density at radius 2 is 2.08 bits per heavy atom. The quantitative estimate of drug-likeness (QED) is 0.874. The lowest BCUT2D eigenvalue weighted by Gasteiger charge is -2.41. The molecule has 5 heteroatoms. The van der Waals surface area contributed by atoms with Crippen molar-refractivity contribution in [1.82, 2.24) is 14.8 Å². The second-order valence-electron chi connectivity index (χ2n) is 6.92. The predicted octanol–water partition coefficient (Wildman–Crippen LogP) is 2.79. The number of nitrogens with zero attached hydrogens (tertiary/aromatic N) is 3. The van der Waals surface area contributed by atoms with Crippen LogP contribution in [0.5, 0.6) is 5.75 Å². The second kappa shape index (κ2) is 8.13. The zero-order chi connectivity index (χ0) is 17.8. The molecule has 1 aromatic heterocycles. The van der Waals surface area contributed by atoms with Gasteiger partial charge in [-0.2, -0.15) is 0 Å². The summed E-state index contributed by atoms with van der Waals surface area (Å²) in [5, 5.41) is 11.2. The number of aromatic nitrogens is 1. The molecule has 1 fully saturated rings. The molecule has 2 aromatic rings. The summed E-state index contributed by atoms with van der Waals surface area (Å²) in [6.07, 6.45) is 1.15. The summed E-state index contributed by atoms with van der Waals surface area (Å²) in [7, 11) is 1.77. The van der Waals surface area contributed by atoms with Crippen molar-refractivity contribution in [2.24, 2.45) is 0 Å². The highest BCUT2D eigenvalue weighted by atomic mass is 16.5. The molecule has 25 heavy (non-hydrogen) atoms. The van der Waals surface area contributed by atoms with Crippen LogP contribution in [0.2, 0.25) is 0 Å². The Balaban J connectivity index is 1.75. The van der Waals surface area contributed by atoms with E-state index in [9.17, 15) is 5.11 Å². The van der Waals surface area contributed by atoms with Crippen molar-refractivity contribution in [1.29, 1.82) is 0 Å². The molecule has 0 bridgehead atoms. The Morgan fingerprint density at radius 3 is 2.84 bits per heavy atom. The number of ether oxygens (including phenoxy) is 1. The average molecular weight is 343 g/mol. The number of piperazine rings is 1. The molecule has 0 saturated carbocycles. The molecule has 2 heterocycles. The van der Waals surface area contributed by atoms with E-state index in [0.29, 0.717) is 11.6 Å². The summed E-state index contributed by atoms with van der Waals surface area (Å²) in [5.41, 5.74) is 2.88. The Bertz CT molecular complexity index is 719. The number of phenols is 1. The van der Waals surface area contributed by atoms with Crippen LogP contribution in [0.1, 0.15) is 24.6 Å². The van der Waals surface area contributed by atoms with Crippen LogP contribution in [0.4, 0.5) is 0 Å². The van der Waals surface area contributed by atoms with Crippen LogP contribution >= 0.6 is 0 Å². The smallest absolute Gasteiger partial charge is 0.141 e. The summed E-state index contributed by atoms with van der Waals surface area (Å²) >= 11 is 0. The first-order chi connectivity index (χ1) is 12.1. The van der Waals surface area contributed by atoms with Gasteiger partial charge in [0.25, 0.3) is 0 Å². The van der Waals surface area contributed by atoms with Crippen molar-refractivity contribution >= 4 is 10.9 Å². The van der Waals surface area contributed by atoms with Crippen molar-refractivity contribution in [2.75, 3.05) is 39.9 Å². The molecule has 1 aromatic carbocycles. The third-order valence-corrected chi connectivity index (χ3v) is 5.20. The summed E-state index contributed by atoms with van der Waals surface area (Å²) in [5.74, 6) is 0.262. The number of benzene rings is 1. The Hall–Kier alpha value is -1.69. The lowest BCUT2D eigenvalue weighted by Crippen LogP contribution is -2.53. The molecule has 1 saturated heterocycles. The fourth-order valence-electron chi connectivity index (χ4n) is 3.73. The van der Waals surface area contributed by atoms with E-state index in [1.54, 1.807) is 13.2 Å². The molecule has 3 rings (SSSR count). The molecule has 1 N–H and O–H groups in total. The van der Waals surface area contributed by atoms with Gasteiger partial charge in [-0.15, -0.1) is 0 Å². The van der Waals surface area contributed by atoms with Crippen LogP contribution < -0.4 is 0 Å². The molecule has 1 aliphatic rings. The molecule has 1 aliphatic heterocycles. The molecule has 0 unspecified atom stereocenters. The number of hydrogen-bond acceptors (Lipinski definition) is 5. The monoisotopic (exact) mass is 343 g/mol. The molecule has 0 aliphatic carbocycles. The highest BCUT2D eigenvalue weighted by molar-refractivity contribution is 5.87. The average Bonchev–Trinajstić information content (AvgIpc) is 2.63. The molecule has 0 radical (unpaired) electrons. The first-order valence-electron chi connectivity index (χ1n) is 9.16. The van der Waals surface area contributed by atoms with Crippen molar-refractivity contribution in [3.05, 3.63) is 35.5 Å². The maximum Gasteiger partial charge on any atom is 0.141 e. The largest absolute Gasteiger partial charge is 0.506 e. The van der Waals surface area contributed by atoms with Crippen LogP contribution in [0.15, 0.2) is 24.3 Å². The normalized spacial score (nSPS) is 19.6. The molecule has 0 amide bonds. The number of methoxy groups -OCH3 is 1. The lowest BCUT2D eigenvalue weighted by atomic mass is 10.0. The lowest BCUT2D eigenvalue weighted by molar-refractivity contribution is 0.0467. The van der Waals surface area contributed by atoms with Gasteiger partial charge < -0.3 is 9.84 Å². The fraction of sp³-hybridized carbons (Fsp3) is 0.550. The molecular formula is C20H29N3O2. The maximum absolute atomic E-state index is 10.1. The van der Waals surface area contributed by atoms with E-state index in [1.807, 2.05) is 19.1 Å². The first-order valence-corrected chi connectivity index (χ1v) is 9.16. The van der Waals surface area contributed by atoms with Crippen LogP contribution in [0.25, 0.3) is 10.9 Å². The molecular weight excluding hydrogens is 314 g/mol. The van der Waals surface area contributed by atoms with E-state index < -0.39 is 0 Å². The maximum atomic E-state index is 10.1. The van der Waals surface area contributed by atoms with Crippen LogP contribution in [-0.2, 0) is 11.3 Å². The van der Waals surface area contributed by atoms with Gasteiger partial charge in [-0.3, -0.25) is 9.80 Å². The van der Waals surface area contributed by atoms with Crippen LogP contribution in [0.3, 0.4) is 0 Å². The minimum atomic E-state index is 0.262. The Kier molecular flexibility index (Phi) is 5.89. The summed E-state index contributed by atoms with van der Waals surface area (Å²) in [4.78, 5) is 9.57. The SMILES string of the molecule is CC[C@H]1CN(Cc2ccc(O)c3nc(C)ccc23)CCN1CCOC. The van der Waals surface area contributed by atoms with Crippen molar-refractivity contribution in [3.63, 3.8) is 0 Å². The minimum Gasteiger partial charge on any atom is -0.506 e. The number of aromatic hydroxyl groups is 1. The number of fused-ring (bicyclic) bond motifs is 1. The van der Waals surface area contributed by atoms with Crippen molar-refractivity contribution in [3.8, 4) is 5.75 Å². The van der Waals surface area contributed by atoms with E-state index in [0.717, 1.165) is 56.8 Å². The summed E-state index contributed by atoms with van der Waals surface area (Å²) < 4.78 is 5.24. The Morgan fingerprint density at radius 1 is 1.24 bits per heavy atom.